The second-order valence-corrected chi connectivity index (χ2v) is 4.76. The van der Waals surface area contributed by atoms with E-state index in [0.29, 0.717) is 0 Å². The highest BCUT2D eigenvalue weighted by atomic mass is 35.5. The lowest BCUT2D eigenvalue weighted by Gasteiger charge is -2.17. The standard InChI is InChI=1S/C12H13ClN2S/c1-2-15-11(9-4-3-6-14-8-9)12-10(13)5-7-16-12/h3-8,11,15H,2H2,1H3. The van der Waals surface area contributed by atoms with Crippen LogP contribution in [0.15, 0.2) is 36.0 Å². The summed E-state index contributed by atoms with van der Waals surface area (Å²) >= 11 is 7.84. The Bertz CT molecular complexity index is 441. The third-order valence-electron chi connectivity index (χ3n) is 2.33. The van der Waals surface area contributed by atoms with Crippen LogP contribution in [0.4, 0.5) is 0 Å². The maximum Gasteiger partial charge on any atom is 0.0701 e. The number of pyridine rings is 1. The van der Waals surface area contributed by atoms with Crippen LogP contribution >= 0.6 is 22.9 Å². The van der Waals surface area contributed by atoms with Gasteiger partial charge in [-0.25, -0.2) is 0 Å². The van der Waals surface area contributed by atoms with Crippen molar-refractivity contribution in [2.45, 2.75) is 13.0 Å². The predicted molar refractivity (Wildman–Crippen MR) is 69.1 cm³/mol. The largest absolute Gasteiger partial charge is 0.306 e. The van der Waals surface area contributed by atoms with Gasteiger partial charge in [0.1, 0.15) is 0 Å². The van der Waals surface area contributed by atoms with Crippen molar-refractivity contribution < 1.29 is 0 Å². The zero-order chi connectivity index (χ0) is 11.4. The van der Waals surface area contributed by atoms with Gasteiger partial charge in [-0.1, -0.05) is 24.6 Å². The number of halogens is 1. The van der Waals surface area contributed by atoms with Gasteiger partial charge in [-0.3, -0.25) is 4.98 Å². The summed E-state index contributed by atoms with van der Waals surface area (Å²) in [4.78, 5) is 5.30. The third kappa shape index (κ3) is 2.43. The van der Waals surface area contributed by atoms with Crippen LogP contribution < -0.4 is 5.32 Å². The summed E-state index contributed by atoms with van der Waals surface area (Å²) in [5, 5.41) is 6.26. The molecule has 0 aliphatic heterocycles. The summed E-state index contributed by atoms with van der Waals surface area (Å²) in [6.45, 7) is 2.98. The minimum atomic E-state index is 0.145. The molecular weight excluding hydrogens is 240 g/mol. The van der Waals surface area contributed by atoms with Gasteiger partial charge in [0.2, 0.25) is 0 Å². The highest BCUT2D eigenvalue weighted by molar-refractivity contribution is 7.10. The summed E-state index contributed by atoms with van der Waals surface area (Å²) in [5.74, 6) is 0. The molecule has 0 aliphatic carbocycles. The smallest absolute Gasteiger partial charge is 0.0701 e. The van der Waals surface area contributed by atoms with E-state index in [0.717, 1.165) is 22.0 Å². The molecule has 0 aromatic carbocycles. The monoisotopic (exact) mass is 252 g/mol. The van der Waals surface area contributed by atoms with Crippen molar-refractivity contribution in [2.24, 2.45) is 0 Å². The number of hydrogen-bond acceptors (Lipinski definition) is 3. The van der Waals surface area contributed by atoms with Crippen LogP contribution in [0.1, 0.15) is 23.4 Å². The quantitative estimate of drug-likeness (QED) is 0.901. The van der Waals surface area contributed by atoms with E-state index in [1.165, 1.54) is 0 Å². The summed E-state index contributed by atoms with van der Waals surface area (Å²) in [6.07, 6.45) is 3.66. The van der Waals surface area contributed by atoms with E-state index >= 15 is 0 Å². The number of hydrogen-bond donors (Lipinski definition) is 1. The lowest BCUT2D eigenvalue weighted by atomic mass is 10.1. The number of nitrogens with one attached hydrogen (secondary N) is 1. The van der Waals surface area contributed by atoms with E-state index in [1.54, 1.807) is 17.5 Å². The molecule has 0 spiro atoms. The Balaban J connectivity index is 2.35. The van der Waals surface area contributed by atoms with Crippen molar-refractivity contribution >= 4 is 22.9 Å². The Hall–Kier alpha value is -0.900. The zero-order valence-electron chi connectivity index (χ0n) is 8.98. The first-order valence-corrected chi connectivity index (χ1v) is 6.45. The molecule has 16 heavy (non-hydrogen) atoms. The number of nitrogens with zero attached hydrogens (tertiary/aromatic N) is 1. The Morgan fingerprint density at radius 3 is 2.94 bits per heavy atom. The van der Waals surface area contributed by atoms with E-state index in [1.807, 2.05) is 23.7 Å². The molecule has 1 atom stereocenters. The molecule has 0 aliphatic rings. The van der Waals surface area contributed by atoms with E-state index in [4.69, 9.17) is 11.6 Å². The van der Waals surface area contributed by atoms with Gasteiger partial charge < -0.3 is 5.32 Å². The normalized spacial score (nSPS) is 12.6. The first-order valence-electron chi connectivity index (χ1n) is 5.19. The van der Waals surface area contributed by atoms with Crippen molar-refractivity contribution in [2.75, 3.05) is 6.54 Å². The lowest BCUT2D eigenvalue weighted by Crippen LogP contribution is -2.21. The van der Waals surface area contributed by atoms with Crippen molar-refractivity contribution in [1.29, 1.82) is 0 Å². The molecule has 0 bridgehead atoms. The molecule has 0 radical (unpaired) electrons. The summed E-state index contributed by atoms with van der Waals surface area (Å²) in [5.41, 5.74) is 1.15. The van der Waals surface area contributed by atoms with Crippen molar-refractivity contribution in [3.63, 3.8) is 0 Å². The van der Waals surface area contributed by atoms with E-state index in [-0.39, 0.29) is 6.04 Å². The van der Waals surface area contributed by atoms with Crippen LogP contribution in [0.3, 0.4) is 0 Å². The van der Waals surface area contributed by atoms with E-state index in [2.05, 4.69) is 23.3 Å². The third-order valence-corrected chi connectivity index (χ3v) is 3.76. The van der Waals surface area contributed by atoms with Gasteiger partial charge in [0, 0.05) is 17.3 Å². The fraction of sp³-hybridized carbons (Fsp3) is 0.250. The number of aromatic nitrogens is 1. The molecule has 2 heterocycles. The van der Waals surface area contributed by atoms with Gasteiger partial charge in [-0.05, 0) is 29.6 Å². The molecule has 0 fully saturated rings. The van der Waals surface area contributed by atoms with Gasteiger partial charge in [0.05, 0.1) is 11.1 Å². The molecule has 1 unspecified atom stereocenters. The van der Waals surface area contributed by atoms with E-state index in [9.17, 15) is 0 Å². The molecule has 0 amide bonds. The van der Waals surface area contributed by atoms with Gasteiger partial charge >= 0.3 is 0 Å². The average molecular weight is 253 g/mol. The van der Waals surface area contributed by atoms with Crippen molar-refractivity contribution in [3.8, 4) is 0 Å². The molecule has 0 saturated carbocycles. The second kappa shape index (κ2) is 5.43. The van der Waals surface area contributed by atoms with Gasteiger partial charge in [0.15, 0.2) is 0 Å². The fourth-order valence-electron chi connectivity index (χ4n) is 1.62. The molecule has 2 aromatic heterocycles. The van der Waals surface area contributed by atoms with Crippen molar-refractivity contribution in [1.82, 2.24) is 10.3 Å². The predicted octanol–water partition coefficient (Wildman–Crippen LogP) is 3.50. The second-order valence-electron chi connectivity index (χ2n) is 3.41. The summed E-state index contributed by atoms with van der Waals surface area (Å²) in [7, 11) is 0. The molecule has 0 saturated heterocycles. The first-order chi connectivity index (χ1) is 7.83. The maximum atomic E-state index is 6.17. The minimum Gasteiger partial charge on any atom is -0.306 e. The Labute approximate surface area is 104 Å². The highest BCUT2D eigenvalue weighted by Crippen LogP contribution is 2.32. The van der Waals surface area contributed by atoms with Gasteiger partial charge in [0.25, 0.3) is 0 Å². The Morgan fingerprint density at radius 2 is 2.38 bits per heavy atom. The van der Waals surface area contributed by atoms with E-state index < -0.39 is 0 Å². The average Bonchev–Trinajstić information content (AvgIpc) is 2.73. The summed E-state index contributed by atoms with van der Waals surface area (Å²) < 4.78 is 0. The topological polar surface area (TPSA) is 24.9 Å². The highest BCUT2D eigenvalue weighted by Gasteiger charge is 2.17. The van der Waals surface area contributed by atoms with Crippen LogP contribution in [0.25, 0.3) is 0 Å². The molecular formula is C12H13ClN2S. The maximum absolute atomic E-state index is 6.17. The van der Waals surface area contributed by atoms with Gasteiger partial charge in [-0.2, -0.15) is 0 Å². The SMILES string of the molecule is CCNC(c1cccnc1)c1sccc1Cl. The van der Waals surface area contributed by atoms with Crippen LogP contribution in [0.5, 0.6) is 0 Å². The van der Waals surface area contributed by atoms with Crippen LogP contribution in [-0.2, 0) is 0 Å². The fourth-order valence-corrected chi connectivity index (χ4v) is 2.89. The first kappa shape index (κ1) is 11.6. The molecule has 2 rings (SSSR count). The Kier molecular flexibility index (Phi) is 3.93. The van der Waals surface area contributed by atoms with Crippen molar-refractivity contribution in [3.05, 3.63) is 51.4 Å². The molecule has 4 heteroatoms. The lowest BCUT2D eigenvalue weighted by molar-refractivity contribution is 0.638. The minimum absolute atomic E-state index is 0.145. The van der Waals surface area contributed by atoms with Crippen LogP contribution in [0.2, 0.25) is 5.02 Å². The molecule has 2 nitrogen and oxygen atoms in total. The number of thiophene rings is 1. The Morgan fingerprint density at radius 1 is 1.50 bits per heavy atom. The van der Waals surface area contributed by atoms with Crippen LogP contribution in [-0.4, -0.2) is 11.5 Å². The molecule has 2 aromatic rings. The molecule has 1 N–H and O–H groups in total. The summed E-state index contributed by atoms with van der Waals surface area (Å²) in [6, 6.07) is 6.09. The zero-order valence-corrected chi connectivity index (χ0v) is 10.6. The number of rotatable bonds is 4. The van der Waals surface area contributed by atoms with Gasteiger partial charge in [-0.15, -0.1) is 11.3 Å². The van der Waals surface area contributed by atoms with Crippen LogP contribution in [0, 0.1) is 0 Å². The molecule has 84 valence electrons.